The molecule has 0 aromatic heterocycles. The molecule has 0 aliphatic carbocycles. The van der Waals surface area contributed by atoms with Crippen molar-refractivity contribution in [2.45, 2.75) is 33.7 Å². The van der Waals surface area contributed by atoms with Crippen LogP contribution in [0, 0.1) is 6.92 Å². The van der Waals surface area contributed by atoms with E-state index < -0.39 is 10.1 Å². The molecule has 0 spiro atoms. The van der Waals surface area contributed by atoms with Crippen LogP contribution >= 0.6 is 0 Å². The zero-order valence-electron chi connectivity index (χ0n) is 18.9. The van der Waals surface area contributed by atoms with Crippen LogP contribution in [0.5, 0.6) is 11.5 Å². The minimum atomic E-state index is -4.04. The standard InChI is InChI=1S/C25H27NO6S/c1-4-31-23-18-8-6-7-9-19(18)24(32-5-2)22-20(23)15-26(25(22)27)21-11-10-17(14-16(21)3)12-13-33(28,29)30/h6-11,14H,4-5,12-13,15H2,1-3H3,(H,28,29,30). The lowest BCUT2D eigenvalue weighted by Crippen LogP contribution is -2.24. The number of aryl methyl sites for hydroxylation is 2. The van der Waals surface area contributed by atoms with E-state index >= 15 is 0 Å². The maximum atomic E-state index is 13.7. The van der Waals surface area contributed by atoms with Gasteiger partial charge >= 0.3 is 0 Å². The summed E-state index contributed by atoms with van der Waals surface area (Å²) >= 11 is 0. The maximum Gasteiger partial charge on any atom is 0.265 e. The van der Waals surface area contributed by atoms with E-state index in [1.54, 1.807) is 11.0 Å². The van der Waals surface area contributed by atoms with Gasteiger partial charge in [-0.05, 0) is 44.4 Å². The molecule has 7 nitrogen and oxygen atoms in total. The number of anilines is 1. The van der Waals surface area contributed by atoms with E-state index in [0.717, 1.165) is 33.2 Å². The molecule has 0 saturated carbocycles. The second-order valence-electron chi connectivity index (χ2n) is 7.97. The van der Waals surface area contributed by atoms with Gasteiger partial charge in [-0.3, -0.25) is 9.35 Å². The predicted molar refractivity (Wildman–Crippen MR) is 128 cm³/mol. The van der Waals surface area contributed by atoms with Gasteiger partial charge in [0.25, 0.3) is 16.0 Å². The summed E-state index contributed by atoms with van der Waals surface area (Å²) in [6, 6.07) is 13.2. The molecule has 3 aromatic rings. The lowest BCUT2D eigenvalue weighted by atomic mass is 9.99. The highest BCUT2D eigenvalue weighted by Gasteiger charge is 2.37. The summed E-state index contributed by atoms with van der Waals surface area (Å²) in [7, 11) is -4.04. The summed E-state index contributed by atoms with van der Waals surface area (Å²) in [5, 5.41) is 1.75. The first-order valence-electron chi connectivity index (χ1n) is 10.9. The molecule has 0 bridgehead atoms. The smallest absolute Gasteiger partial charge is 0.265 e. The SMILES string of the molecule is CCOc1c2c(c(OCC)c3ccccc13)C(=O)N(c1ccc(CCS(=O)(=O)O)cc1C)C2. The Hall–Kier alpha value is -3.10. The van der Waals surface area contributed by atoms with E-state index in [1.807, 2.05) is 57.2 Å². The minimum Gasteiger partial charge on any atom is -0.493 e. The van der Waals surface area contributed by atoms with Gasteiger partial charge < -0.3 is 14.4 Å². The number of rotatable bonds is 8. The van der Waals surface area contributed by atoms with Crippen LogP contribution in [0.4, 0.5) is 5.69 Å². The molecule has 33 heavy (non-hydrogen) atoms. The Morgan fingerprint density at radius 1 is 1.00 bits per heavy atom. The highest BCUT2D eigenvalue weighted by molar-refractivity contribution is 7.85. The average molecular weight is 470 g/mol. The van der Waals surface area contributed by atoms with Gasteiger partial charge in [-0.1, -0.05) is 36.4 Å². The quantitative estimate of drug-likeness (QED) is 0.487. The summed E-state index contributed by atoms with van der Waals surface area (Å²) < 4.78 is 43.2. The van der Waals surface area contributed by atoms with E-state index in [1.165, 1.54) is 0 Å². The molecule has 4 rings (SSSR count). The van der Waals surface area contributed by atoms with Crippen LogP contribution in [0.25, 0.3) is 10.8 Å². The highest BCUT2D eigenvalue weighted by Crippen LogP contribution is 2.46. The molecule has 1 aliphatic heterocycles. The van der Waals surface area contributed by atoms with Crippen molar-refractivity contribution >= 4 is 32.5 Å². The summed E-state index contributed by atoms with van der Waals surface area (Å²) in [4.78, 5) is 15.4. The topological polar surface area (TPSA) is 93.1 Å². The molecular weight excluding hydrogens is 442 g/mol. The third kappa shape index (κ3) is 4.41. The molecule has 1 amide bonds. The number of benzene rings is 3. The van der Waals surface area contributed by atoms with Crippen molar-refractivity contribution in [2.75, 3.05) is 23.9 Å². The zero-order valence-corrected chi connectivity index (χ0v) is 19.7. The van der Waals surface area contributed by atoms with Gasteiger partial charge in [0.15, 0.2) is 0 Å². The van der Waals surface area contributed by atoms with Crippen LogP contribution in [0.15, 0.2) is 42.5 Å². The number of hydrogen-bond donors (Lipinski definition) is 1. The first-order valence-corrected chi connectivity index (χ1v) is 12.6. The van der Waals surface area contributed by atoms with Crippen LogP contribution in [0.1, 0.15) is 40.9 Å². The lowest BCUT2D eigenvalue weighted by Gasteiger charge is -2.19. The third-order valence-electron chi connectivity index (χ3n) is 5.77. The van der Waals surface area contributed by atoms with Crippen molar-refractivity contribution in [3.05, 3.63) is 64.7 Å². The van der Waals surface area contributed by atoms with Crippen LogP contribution in [-0.2, 0) is 23.1 Å². The fourth-order valence-corrected chi connectivity index (χ4v) is 4.88. The molecule has 0 unspecified atom stereocenters. The fourth-order valence-electron chi connectivity index (χ4n) is 4.39. The Kier molecular flexibility index (Phi) is 6.32. The van der Waals surface area contributed by atoms with Crippen molar-refractivity contribution in [3.63, 3.8) is 0 Å². The summed E-state index contributed by atoms with van der Waals surface area (Å²) in [6.45, 7) is 6.94. The molecule has 0 radical (unpaired) electrons. The fraction of sp³-hybridized carbons (Fsp3) is 0.320. The van der Waals surface area contributed by atoms with E-state index in [4.69, 9.17) is 14.0 Å². The van der Waals surface area contributed by atoms with Gasteiger partial charge in [0, 0.05) is 22.0 Å². The number of hydrogen-bond acceptors (Lipinski definition) is 5. The number of carbonyl (C=O) groups excluding carboxylic acids is 1. The first kappa shape index (κ1) is 23.1. The highest BCUT2D eigenvalue weighted by atomic mass is 32.2. The average Bonchev–Trinajstić information content (AvgIpc) is 3.11. The zero-order chi connectivity index (χ0) is 23.8. The van der Waals surface area contributed by atoms with E-state index in [2.05, 4.69) is 0 Å². The van der Waals surface area contributed by atoms with E-state index in [-0.39, 0.29) is 18.1 Å². The minimum absolute atomic E-state index is 0.158. The largest absolute Gasteiger partial charge is 0.493 e. The third-order valence-corrected chi connectivity index (χ3v) is 6.49. The van der Waals surface area contributed by atoms with E-state index in [9.17, 15) is 13.2 Å². The Morgan fingerprint density at radius 3 is 2.24 bits per heavy atom. The first-order chi connectivity index (χ1) is 15.7. The summed E-state index contributed by atoms with van der Waals surface area (Å²) in [6.07, 6.45) is 0.197. The molecule has 1 heterocycles. The molecule has 1 N–H and O–H groups in total. The van der Waals surface area contributed by atoms with Crippen molar-refractivity contribution in [3.8, 4) is 11.5 Å². The Bertz CT molecular complexity index is 1330. The normalized spacial score (nSPS) is 13.5. The van der Waals surface area contributed by atoms with Crippen molar-refractivity contribution < 1.29 is 27.2 Å². The number of ether oxygens (including phenoxy) is 2. The Labute approximate surface area is 193 Å². The summed E-state index contributed by atoms with van der Waals surface area (Å²) in [5.41, 5.74) is 3.67. The number of fused-ring (bicyclic) bond motifs is 2. The predicted octanol–water partition coefficient (Wildman–Crippen LogP) is 4.54. The molecule has 0 saturated heterocycles. The molecule has 8 heteroatoms. The number of amides is 1. The van der Waals surface area contributed by atoms with Gasteiger partial charge in [-0.2, -0.15) is 8.42 Å². The van der Waals surface area contributed by atoms with Crippen molar-refractivity contribution in [1.29, 1.82) is 0 Å². The second-order valence-corrected chi connectivity index (χ2v) is 9.54. The van der Waals surface area contributed by atoms with Crippen molar-refractivity contribution in [1.82, 2.24) is 0 Å². The molecule has 174 valence electrons. The maximum absolute atomic E-state index is 13.7. The molecule has 0 atom stereocenters. The molecule has 3 aromatic carbocycles. The Balaban J connectivity index is 1.79. The number of carbonyl (C=O) groups is 1. The molecular formula is C25H27NO6S. The van der Waals surface area contributed by atoms with Crippen LogP contribution in [0.2, 0.25) is 0 Å². The van der Waals surface area contributed by atoms with Gasteiger partial charge in [0.05, 0.1) is 31.1 Å². The monoisotopic (exact) mass is 469 g/mol. The van der Waals surface area contributed by atoms with Gasteiger partial charge in [-0.15, -0.1) is 0 Å². The van der Waals surface area contributed by atoms with E-state index in [0.29, 0.717) is 36.8 Å². The van der Waals surface area contributed by atoms with Gasteiger partial charge in [-0.25, -0.2) is 0 Å². The van der Waals surface area contributed by atoms with Gasteiger partial charge in [0.2, 0.25) is 0 Å². The lowest BCUT2D eigenvalue weighted by molar-refractivity contribution is 0.0993. The van der Waals surface area contributed by atoms with Gasteiger partial charge in [0.1, 0.15) is 11.5 Å². The summed E-state index contributed by atoms with van der Waals surface area (Å²) in [5.74, 6) is 0.766. The Morgan fingerprint density at radius 2 is 1.64 bits per heavy atom. The molecule has 1 aliphatic rings. The van der Waals surface area contributed by atoms with Crippen LogP contribution in [0.3, 0.4) is 0 Å². The number of nitrogens with zero attached hydrogens (tertiary/aromatic N) is 1. The van der Waals surface area contributed by atoms with Crippen LogP contribution < -0.4 is 14.4 Å². The van der Waals surface area contributed by atoms with Crippen LogP contribution in [-0.4, -0.2) is 37.8 Å². The molecule has 0 fully saturated rings. The second kappa shape index (κ2) is 9.03. The van der Waals surface area contributed by atoms with Crippen molar-refractivity contribution in [2.24, 2.45) is 0 Å².